The summed E-state index contributed by atoms with van der Waals surface area (Å²) in [5.41, 5.74) is 1.01. The maximum absolute atomic E-state index is 10.4. The first-order valence-corrected chi connectivity index (χ1v) is 10.7. The largest absolute Gasteiger partial charge is 0.497 e. The maximum Gasteiger partial charge on any atom is 0.191 e. The number of nitrogens with zero attached hydrogens (tertiary/aromatic N) is 4. The lowest BCUT2D eigenvalue weighted by molar-refractivity contribution is 0.0188. The van der Waals surface area contributed by atoms with Gasteiger partial charge in [-0.05, 0) is 30.2 Å². The number of aromatic nitrogens is 3. The van der Waals surface area contributed by atoms with E-state index < -0.39 is 6.10 Å². The Bertz CT molecular complexity index is 730. The molecule has 0 spiro atoms. The highest BCUT2D eigenvalue weighted by molar-refractivity contribution is 7.99. The van der Waals surface area contributed by atoms with Crippen molar-refractivity contribution in [1.29, 1.82) is 0 Å². The van der Waals surface area contributed by atoms with Crippen molar-refractivity contribution in [3.63, 3.8) is 0 Å². The van der Waals surface area contributed by atoms with Crippen LogP contribution in [0.25, 0.3) is 11.4 Å². The molecule has 0 unspecified atom stereocenters. The van der Waals surface area contributed by atoms with Crippen molar-refractivity contribution in [1.82, 2.24) is 19.7 Å². The normalized spacial score (nSPS) is 16.5. The Morgan fingerprint density at radius 2 is 1.86 bits per heavy atom. The van der Waals surface area contributed by atoms with Gasteiger partial charge in [0.2, 0.25) is 0 Å². The number of hydrogen-bond acceptors (Lipinski definition) is 7. The number of rotatable bonds is 9. The molecule has 1 saturated heterocycles. The Labute approximate surface area is 171 Å². The summed E-state index contributed by atoms with van der Waals surface area (Å²) in [4.78, 5) is 2.25. The summed E-state index contributed by atoms with van der Waals surface area (Å²) in [6, 6.07) is 7.87. The third kappa shape index (κ3) is 5.70. The molecule has 0 aliphatic carbocycles. The molecule has 7 nitrogen and oxygen atoms in total. The molecule has 1 aromatic carbocycles. The minimum atomic E-state index is -0.406. The zero-order chi connectivity index (χ0) is 19.9. The summed E-state index contributed by atoms with van der Waals surface area (Å²) >= 11 is 1.57. The molecule has 0 saturated carbocycles. The van der Waals surface area contributed by atoms with Crippen molar-refractivity contribution in [2.24, 2.45) is 5.92 Å². The summed E-state index contributed by atoms with van der Waals surface area (Å²) in [5.74, 6) is 2.72. The van der Waals surface area contributed by atoms with Crippen LogP contribution in [0.5, 0.6) is 5.75 Å². The Balaban J connectivity index is 1.68. The predicted octanol–water partition coefficient (Wildman–Crippen LogP) is 2.39. The molecule has 0 amide bonds. The van der Waals surface area contributed by atoms with Crippen LogP contribution < -0.4 is 4.74 Å². The van der Waals surface area contributed by atoms with E-state index in [4.69, 9.17) is 9.47 Å². The van der Waals surface area contributed by atoms with Gasteiger partial charge in [-0.15, -0.1) is 10.2 Å². The van der Waals surface area contributed by atoms with Crippen LogP contribution in [0.3, 0.4) is 0 Å². The monoisotopic (exact) mass is 406 g/mol. The van der Waals surface area contributed by atoms with E-state index in [2.05, 4.69) is 33.5 Å². The fraction of sp³-hybridized carbons (Fsp3) is 0.600. The highest BCUT2D eigenvalue weighted by Crippen LogP contribution is 2.27. The van der Waals surface area contributed by atoms with Gasteiger partial charge < -0.3 is 19.1 Å². The Kier molecular flexibility index (Phi) is 7.73. The standard InChI is InChI=1S/C20H30N4O3S/c1-15(2)12-24-19(16-4-6-18(26-3)7-5-16)21-22-20(24)28-14-17(25)13-23-8-10-27-11-9-23/h4-7,15,17,25H,8-14H2,1-3H3/t17-/m0/s1. The van der Waals surface area contributed by atoms with E-state index in [9.17, 15) is 5.11 Å². The number of thioether (sulfide) groups is 1. The topological polar surface area (TPSA) is 72.6 Å². The van der Waals surface area contributed by atoms with Gasteiger partial charge in [-0.1, -0.05) is 25.6 Å². The quantitative estimate of drug-likeness (QED) is 0.641. The highest BCUT2D eigenvalue weighted by Gasteiger charge is 2.19. The number of benzene rings is 1. The lowest BCUT2D eigenvalue weighted by Crippen LogP contribution is -2.41. The Morgan fingerprint density at radius 1 is 1.14 bits per heavy atom. The van der Waals surface area contributed by atoms with Crippen LogP contribution in [-0.2, 0) is 11.3 Å². The fourth-order valence-electron chi connectivity index (χ4n) is 3.18. The van der Waals surface area contributed by atoms with Crippen molar-refractivity contribution in [2.45, 2.75) is 31.7 Å². The zero-order valence-corrected chi connectivity index (χ0v) is 17.7. The van der Waals surface area contributed by atoms with Crippen LogP contribution in [-0.4, -0.2) is 76.6 Å². The molecule has 1 aliphatic heterocycles. The minimum absolute atomic E-state index is 0.406. The minimum Gasteiger partial charge on any atom is -0.497 e. The first kappa shape index (κ1) is 21.1. The Morgan fingerprint density at radius 3 is 2.50 bits per heavy atom. The molecule has 1 aromatic heterocycles. The third-order valence-electron chi connectivity index (χ3n) is 4.59. The van der Waals surface area contributed by atoms with Crippen LogP contribution in [0.2, 0.25) is 0 Å². The maximum atomic E-state index is 10.4. The lowest BCUT2D eigenvalue weighted by atomic mass is 10.2. The van der Waals surface area contributed by atoms with Crippen molar-refractivity contribution >= 4 is 11.8 Å². The predicted molar refractivity (Wildman–Crippen MR) is 111 cm³/mol. The van der Waals surface area contributed by atoms with Crippen LogP contribution in [0, 0.1) is 5.92 Å². The number of aliphatic hydroxyl groups excluding tert-OH is 1. The number of morpholine rings is 1. The molecule has 154 valence electrons. The highest BCUT2D eigenvalue weighted by atomic mass is 32.2. The number of ether oxygens (including phenoxy) is 2. The summed E-state index contributed by atoms with van der Waals surface area (Å²) in [6.45, 7) is 9.11. The van der Waals surface area contributed by atoms with E-state index in [1.165, 1.54) is 0 Å². The van der Waals surface area contributed by atoms with E-state index in [1.807, 2.05) is 24.3 Å². The molecule has 28 heavy (non-hydrogen) atoms. The molecule has 1 N–H and O–H groups in total. The van der Waals surface area contributed by atoms with Gasteiger partial charge in [0.05, 0.1) is 26.4 Å². The van der Waals surface area contributed by atoms with Gasteiger partial charge in [0.25, 0.3) is 0 Å². The van der Waals surface area contributed by atoms with E-state index in [0.29, 0.717) is 18.2 Å². The van der Waals surface area contributed by atoms with Gasteiger partial charge in [0, 0.05) is 37.5 Å². The second-order valence-electron chi connectivity index (χ2n) is 7.42. The van der Waals surface area contributed by atoms with Crippen LogP contribution in [0.4, 0.5) is 0 Å². The molecule has 3 rings (SSSR count). The molecule has 1 fully saturated rings. The molecule has 0 radical (unpaired) electrons. The molecule has 1 atom stereocenters. The zero-order valence-electron chi connectivity index (χ0n) is 16.9. The number of β-amino-alcohol motifs (C(OH)–C–C–N with tert-alkyl or cyclic N) is 1. The van der Waals surface area contributed by atoms with Gasteiger partial charge in [-0.3, -0.25) is 4.90 Å². The van der Waals surface area contributed by atoms with E-state index in [0.717, 1.165) is 55.1 Å². The van der Waals surface area contributed by atoms with Crippen LogP contribution in [0.15, 0.2) is 29.4 Å². The van der Waals surface area contributed by atoms with Crippen molar-refractivity contribution in [2.75, 3.05) is 45.7 Å². The van der Waals surface area contributed by atoms with E-state index in [-0.39, 0.29) is 0 Å². The van der Waals surface area contributed by atoms with E-state index >= 15 is 0 Å². The van der Waals surface area contributed by atoms with Gasteiger partial charge >= 0.3 is 0 Å². The van der Waals surface area contributed by atoms with Gasteiger partial charge in [-0.2, -0.15) is 0 Å². The molecular weight excluding hydrogens is 376 g/mol. The first-order chi connectivity index (χ1) is 13.6. The van der Waals surface area contributed by atoms with E-state index in [1.54, 1.807) is 18.9 Å². The SMILES string of the molecule is COc1ccc(-c2nnc(SC[C@@H](O)CN3CCOCC3)n2CC(C)C)cc1. The third-order valence-corrected chi connectivity index (χ3v) is 5.70. The fourth-order valence-corrected chi connectivity index (χ4v) is 4.05. The molecular formula is C20H30N4O3S. The van der Waals surface area contributed by atoms with Gasteiger partial charge in [-0.25, -0.2) is 0 Å². The molecule has 8 heteroatoms. The van der Waals surface area contributed by atoms with Crippen molar-refractivity contribution in [3.05, 3.63) is 24.3 Å². The number of methoxy groups -OCH3 is 1. The van der Waals surface area contributed by atoms with Gasteiger partial charge in [0.15, 0.2) is 11.0 Å². The molecule has 2 heterocycles. The average molecular weight is 407 g/mol. The second kappa shape index (κ2) is 10.2. The number of hydrogen-bond donors (Lipinski definition) is 1. The van der Waals surface area contributed by atoms with Crippen LogP contribution >= 0.6 is 11.8 Å². The average Bonchev–Trinajstić information content (AvgIpc) is 3.09. The summed E-state index contributed by atoms with van der Waals surface area (Å²) in [5, 5.41) is 20.1. The molecule has 0 bridgehead atoms. The smallest absolute Gasteiger partial charge is 0.191 e. The number of aliphatic hydroxyl groups is 1. The Hall–Kier alpha value is -1.61. The summed E-state index contributed by atoms with van der Waals surface area (Å²) in [7, 11) is 1.66. The van der Waals surface area contributed by atoms with Crippen molar-refractivity contribution < 1.29 is 14.6 Å². The van der Waals surface area contributed by atoms with Crippen molar-refractivity contribution in [3.8, 4) is 17.1 Å². The second-order valence-corrected chi connectivity index (χ2v) is 8.40. The lowest BCUT2D eigenvalue weighted by Gasteiger charge is -2.28. The van der Waals surface area contributed by atoms with Crippen LogP contribution in [0.1, 0.15) is 13.8 Å². The summed E-state index contributed by atoms with van der Waals surface area (Å²) in [6.07, 6.45) is -0.406. The molecule has 1 aliphatic rings. The van der Waals surface area contributed by atoms with Gasteiger partial charge in [0.1, 0.15) is 5.75 Å². The summed E-state index contributed by atoms with van der Waals surface area (Å²) < 4.78 is 12.8. The molecule has 2 aromatic rings. The first-order valence-electron chi connectivity index (χ1n) is 9.75.